The lowest BCUT2D eigenvalue weighted by Gasteiger charge is -2.11. The predicted molar refractivity (Wildman–Crippen MR) is 81.9 cm³/mol. The van der Waals surface area contributed by atoms with Crippen molar-refractivity contribution in [1.29, 1.82) is 0 Å². The molecule has 0 aliphatic heterocycles. The van der Waals surface area contributed by atoms with E-state index in [2.05, 4.69) is 0 Å². The minimum atomic E-state index is -0.983. The Morgan fingerprint density at radius 2 is 1.62 bits per heavy atom. The Hall–Kier alpha value is -2.42. The van der Waals surface area contributed by atoms with Crippen LogP contribution < -0.4 is 0 Å². The summed E-state index contributed by atoms with van der Waals surface area (Å²) in [6.07, 6.45) is 2.42. The van der Waals surface area contributed by atoms with Crippen molar-refractivity contribution in [3.8, 4) is 0 Å². The summed E-state index contributed by atoms with van der Waals surface area (Å²) in [4.78, 5) is 24.0. The third kappa shape index (κ3) is 3.37. The smallest absolute Gasteiger partial charge is 0.335 e. The Bertz CT molecular complexity index is 645. The zero-order valence-corrected chi connectivity index (χ0v) is 12.0. The first-order valence-corrected chi connectivity index (χ1v) is 7.10. The molecule has 108 valence electrons. The molecular weight excluding hydrogens is 264 g/mol. The van der Waals surface area contributed by atoms with Gasteiger partial charge in [0.1, 0.15) is 0 Å². The lowest BCUT2D eigenvalue weighted by atomic mass is 9.91. The second-order valence-electron chi connectivity index (χ2n) is 4.94. The largest absolute Gasteiger partial charge is 0.478 e. The molecule has 0 aromatic heterocycles. The van der Waals surface area contributed by atoms with Crippen molar-refractivity contribution in [2.24, 2.45) is 0 Å². The van der Waals surface area contributed by atoms with Gasteiger partial charge in [-0.05, 0) is 24.5 Å². The van der Waals surface area contributed by atoms with Gasteiger partial charge in [0.2, 0.25) is 0 Å². The maximum Gasteiger partial charge on any atom is 0.335 e. The van der Waals surface area contributed by atoms with Crippen LogP contribution in [0.25, 0.3) is 0 Å². The Kier molecular flexibility index (Phi) is 4.88. The average molecular weight is 282 g/mol. The second kappa shape index (κ2) is 6.84. The van der Waals surface area contributed by atoms with Crippen molar-refractivity contribution in [1.82, 2.24) is 0 Å². The van der Waals surface area contributed by atoms with E-state index in [1.165, 1.54) is 0 Å². The van der Waals surface area contributed by atoms with E-state index in [4.69, 9.17) is 0 Å². The number of aromatic carboxylic acids is 1. The van der Waals surface area contributed by atoms with E-state index in [1.807, 2.05) is 13.0 Å². The second-order valence-corrected chi connectivity index (χ2v) is 4.94. The van der Waals surface area contributed by atoms with Gasteiger partial charge in [-0.3, -0.25) is 4.79 Å². The molecule has 0 fully saturated rings. The average Bonchev–Trinajstić information content (AvgIpc) is 2.52. The standard InChI is InChI=1S/C18H18O3/c1-2-3-10-14-15(11-7-12-16(14)18(20)21)17(19)13-8-5-4-6-9-13/h4-9,11-12H,2-3,10H2,1H3,(H,20,21). The summed E-state index contributed by atoms with van der Waals surface area (Å²) >= 11 is 0. The third-order valence-electron chi connectivity index (χ3n) is 3.47. The van der Waals surface area contributed by atoms with E-state index < -0.39 is 5.97 Å². The molecule has 0 aliphatic carbocycles. The number of ketones is 1. The molecule has 0 saturated carbocycles. The summed E-state index contributed by atoms with van der Waals surface area (Å²) in [5.74, 6) is -1.10. The van der Waals surface area contributed by atoms with Crippen LogP contribution in [0.4, 0.5) is 0 Å². The zero-order chi connectivity index (χ0) is 15.2. The van der Waals surface area contributed by atoms with Crippen molar-refractivity contribution < 1.29 is 14.7 Å². The van der Waals surface area contributed by atoms with Gasteiger partial charge in [-0.1, -0.05) is 55.8 Å². The summed E-state index contributed by atoms with van der Waals surface area (Å²) in [6.45, 7) is 2.04. The number of carbonyl (C=O) groups excluding carboxylic acids is 1. The monoisotopic (exact) mass is 282 g/mol. The van der Waals surface area contributed by atoms with Crippen molar-refractivity contribution in [2.75, 3.05) is 0 Å². The lowest BCUT2D eigenvalue weighted by Crippen LogP contribution is -2.11. The molecule has 2 aromatic carbocycles. The minimum absolute atomic E-state index is 0.121. The first-order valence-electron chi connectivity index (χ1n) is 7.10. The molecule has 0 spiro atoms. The molecule has 2 rings (SSSR count). The number of hydrogen-bond donors (Lipinski definition) is 1. The highest BCUT2D eigenvalue weighted by atomic mass is 16.4. The highest BCUT2D eigenvalue weighted by Gasteiger charge is 2.18. The van der Waals surface area contributed by atoms with E-state index in [9.17, 15) is 14.7 Å². The van der Waals surface area contributed by atoms with E-state index in [0.717, 1.165) is 12.8 Å². The van der Waals surface area contributed by atoms with Crippen LogP contribution in [0.2, 0.25) is 0 Å². The van der Waals surface area contributed by atoms with Gasteiger partial charge in [0, 0.05) is 11.1 Å². The number of carboxylic acid groups (broad SMARTS) is 1. The Morgan fingerprint density at radius 3 is 2.24 bits per heavy atom. The van der Waals surface area contributed by atoms with Gasteiger partial charge in [0.25, 0.3) is 0 Å². The molecule has 1 N–H and O–H groups in total. The third-order valence-corrected chi connectivity index (χ3v) is 3.47. The minimum Gasteiger partial charge on any atom is -0.478 e. The predicted octanol–water partition coefficient (Wildman–Crippen LogP) is 3.96. The maximum absolute atomic E-state index is 12.6. The Morgan fingerprint density at radius 1 is 0.952 bits per heavy atom. The van der Waals surface area contributed by atoms with Crippen molar-refractivity contribution in [2.45, 2.75) is 26.2 Å². The summed E-state index contributed by atoms with van der Waals surface area (Å²) < 4.78 is 0. The van der Waals surface area contributed by atoms with Gasteiger partial charge < -0.3 is 5.11 Å². The maximum atomic E-state index is 12.6. The highest BCUT2D eigenvalue weighted by Crippen LogP contribution is 2.21. The van der Waals surface area contributed by atoms with Crippen LogP contribution in [-0.4, -0.2) is 16.9 Å². The van der Waals surface area contributed by atoms with Crippen molar-refractivity contribution in [3.63, 3.8) is 0 Å². The van der Waals surface area contributed by atoms with E-state index in [-0.39, 0.29) is 11.3 Å². The molecule has 3 heteroatoms. The van der Waals surface area contributed by atoms with Crippen molar-refractivity contribution in [3.05, 3.63) is 70.8 Å². The number of carbonyl (C=O) groups is 2. The summed E-state index contributed by atoms with van der Waals surface area (Å²) in [5, 5.41) is 9.33. The molecule has 0 amide bonds. The lowest BCUT2D eigenvalue weighted by molar-refractivity contribution is 0.0695. The first-order chi connectivity index (χ1) is 10.1. The van der Waals surface area contributed by atoms with Crippen LogP contribution in [-0.2, 0) is 6.42 Å². The van der Waals surface area contributed by atoms with Crippen LogP contribution in [0.3, 0.4) is 0 Å². The Labute approximate surface area is 124 Å². The summed E-state index contributed by atoms with van der Waals surface area (Å²) in [7, 11) is 0. The van der Waals surface area contributed by atoms with Gasteiger partial charge in [0.15, 0.2) is 5.78 Å². The number of unbranched alkanes of at least 4 members (excludes halogenated alkanes) is 1. The SMILES string of the molecule is CCCCc1c(C(=O)O)cccc1C(=O)c1ccccc1. The van der Waals surface area contributed by atoms with Crippen LogP contribution in [0, 0.1) is 0 Å². The molecule has 0 radical (unpaired) electrons. The number of benzene rings is 2. The molecule has 2 aromatic rings. The molecule has 0 bridgehead atoms. The summed E-state index contributed by atoms with van der Waals surface area (Å²) in [6, 6.07) is 13.9. The zero-order valence-electron chi connectivity index (χ0n) is 12.0. The van der Waals surface area contributed by atoms with Gasteiger partial charge >= 0.3 is 5.97 Å². The van der Waals surface area contributed by atoms with Crippen LogP contribution in [0.5, 0.6) is 0 Å². The molecule has 21 heavy (non-hydrogen) atoms. The van der Waals surface area contributed by atoms with E-state index in [0.29, 0.717) is 23.1 Å². The number of rotatable bonds is 6. The van der Waals surface area contributed by atoms with Gasteiger partial charge in [0.05, 0.1) is 5.56 Å². The molecule has 0 unspecified atom stereocenters. The van der Waals surface area contributed by atoms with E-state index >= 15 is 0 Å². The molecule has 3 nitrogen and oxygen atoms in total. The fourth-order valence-electron chi connectivity index (χ4n) is 2.37. The Balaban J connectivity index is 2.49. The van der Waals surface area contributed by atoms with Gasteiger partial charge in [-0.15, -0.1) is 0 Å². The normalized spacial score (nSPS) is 10.3. The van der Waals surface area contributed by atoms with Crippen molar-refractivity contribution >= 4 is 11.8 Å². The molecule has 0 saturated heterocycles. The van der Waals surface area contributed by atoms with Crippen LogP contribution in [0.1, 0.15) is 51.6 Å². The molecule has 0 atom stereocenters. The number of carboxylic acids is 1. The molecule has 0 aliphatic rings. The molecule has 0 heterocycles. The van der Waals surface area contributed by atoms with Crippen LogP contribution >= 0.6 is 0 Å². The first kappa shape index (κ1) is 15.0. The highest BCUT2D eigenvalue weighted by molar-refractivity contribution is 6.11. The van der Waals surface area contributed by atoms with Gasteiger partial charge in [-0.25, -0.2) is 4.79 Å². The quantitative estimate of drug-likeness (QED) is 0.816. The number of hydrogen-bond acceptors (Lipinski definition) is 2. The van der Waals surface area contributed by atoms with E-state index in [1.54, 1.807) is 42.5 Å². The topological polar surface area (TPSA) is 54.4 Å². The van der Waals surface area contributed by atoms with Crippen LogP contribution in [0.15, 0.2) is 48.5 Å². The summed E-state index contributed by atoms with van der Waals surface area (Å²) in [5.41, 5.74) is 1.94. The fraction of sp³-hybridized carbons (Fsp3) is 0.222. The van der Waals surface area contributed by atoms with Gasteiger partial charge in [-0.2, -0.15) is 0 Å². The fourth-order valence-corrected chi connectivity index (χ4v) is 2.37. The molecular formula is C18H18O3.